The van der Waals surface area contributed by atoms with Crippen LogP contribution in [0.4, 0.5) is 0 Å². The number of rotatable bonds is 3. The van der Waals surface area contributed by atoms with Crippen LogP contribution in [0.15, 0.2) is 29.4 Å². The summed E-state index contributed by atoms with van der Waals surface area (Å²) in [4.78, 5) is 10.5. The van der Waals surface area contributed by atoms with Gasteiger partial charge in [0.15, 0.2) is 0 Å². The molecule has 1 amide bonds. The standard InChI is InChI=1S/C10H12N2O2/c1-8(13)12-11-7-9-3-5-10(14-2)6-4-9/h3-7H,1-2H3,(H,12,13)/b11-7+. The molecule has 0 atom stereocenters. The molecule has 14 heavy (non-hydrogen) atoms. The highest BCUT2D eigenvalue weighted by Crippen LogP contribution is 2.09. The second kappa shape index (κ2) is 5.01. The molecule has 0 bridgehead atoms. The smallest absolute Gasteiger partial charge is 0.236 e. The predicted molar refractivity (Wildman–Crippen MR) is 54.4 cm³/mol. The predicted octanol–water partition coefficient (Wildman–Crippen LogP) is 1.17. The van der Waals surface area contributed by atoms with Gasteiger partial charge < -0.3 is 4.74 Å². The van der Waals surface area contributed by atoms with Crippen molar-refractivity contribution in [2.24, 2.45) is 5.10 Å². The second-order valence-electron chi connectivity index (χ2n) is 2.70. The van der Waals surface area contributed by atoms with E-state index in [1.807, 2.05) is 24.3 Å². The van der Waals surface area contributed by atoms with Gasteiger partial charge in [0.2, 0.25) is 5.91 Å². The molecule has 0 spiro atoms. The third-order valence-corrected chi connectivity index (χ3v) is 1.55. The molecule has 4 heteroatoms. The van der Waals surface area contributed by atoms with Gasteiger partial charge in [0.05, 0.1) is 13.3 Å². The van der Waals surface area contributed by atoms with Crippen LogP contribution in [0.3, 0.4) is 0 Å². The SMILES string of the molecule is COc1ccc(/C=N/NC(C)=O)cc1. The lowest BCUT2D eigenvalue weighted by atomic mass is 10.2. The molecular formula is C10H12N2O2. The van der Waals surface area contributed by atoms with Crippen LogP contribution in [0.1, 0.15) is 12.5 Å². The average Bonchev–Trinajstić information content (AvgIpc) is 2.18. The van der Waals surface area contributed by atoms with Crippen LogP contribution in [-0.2, 0) is 4.79 Å². The minimum absolute atomic E-state index is 0.185. The number of nitrogens with zero attached hydrogens (tertiary/aromatic N) is 1. The summed E-state index contributed by atoms with van der Waals surface area (Å²) in [6.07, 6.45) is 1.57. The summed E-state index contributed by atoms with van der Waals surface area (Å²) in [6, 6.07) is 7.36. The Kier molecular flexibility index (Phi) is 3.67. The van der Waals surface area contributed by atoms with Gasteiger partial charge in [0, 0.05) is 6.92 Å². The van der Waals surface area contributed by atoms with Gasteiger partial charge in [0.1, 0.15) is 5.75 Å². The third-order valence-electron chi connectivity index (χ3n) is 1.55. The molecule has 0 fully saturated rings. The summed E-state index contributed by atoms with van der Waals surface area (Å²) in [5.41, 5.74) is 3.22. The number of hydrogen-bond donors (Lipinski definition) is 1. The van der Waals surface area contributed by atoms with Crippen molar-refractivity contribution < 1.29 is 9.53 Å². The van der Waals surface area contributed by atoms with E-state index in [-0.39, 0.29) is 5.91 Å². The van der Waals surface area contributed by atoms with E-state index in [4.69, 9.17) is 4.74 Å². The monoisotopic (exact) mass is 192 g/mol. The number of nitrogens with one attached hydrogen (secondary N) is 1. The number of hydrazone groups is 1. The zero-order chi connectivity index (χ0) is 10.4. The van der Waals surface area contributed by atoms with E-state index in [0.717, 1.165) is 11.3 Å². The third kappa shape index (κ3) is 3.26. The van der Waals surface area contributed by atoms with Gasteiger partial charge in [-0.15, -0.1) is 0 Å². The first-order valence-electron chi connectivity index (χ1n) is 4.16. The molecule has 0 heterocycles. The number of amides is 1. The molecule has 0 aliphatic carbocycles. The lowest BCUT2D eigenvalue weighted by Crippen LogP contribution is -2.12. The molecule has 1 N–H and O–H groups in total. The molecule has 0 aliphatic heterocycles. The topological polar surface area (TPSA) is 50.7 Å². The highest BCUT2D eigenvalue weighted by molar-refractivity contribution is 5.81. The molecule has 0 unspecified atom stereocenters. The number of benzene rings is 1. The van der Waals surface area contributed by atoms with Crippen molar-refractivity contribution in [3.8, 4) is 5.75 Å². The molecule has 0 aromatic heterocycles. The Hall–Kier alpha value is -1.84. The van der Waals surface area contributed by atoms with Crippen molar-refractivity contribution in [2.45, 2.75) is 6.92 Å². The average molecular weight is 192 g/mol. The Morgan fingerprint density at radius 2 is 2.07 bits per heavy atom. The molecule has 0 saturated heterocycles. The fourth-order valence-electron chi connectivity index (χ4n) is 0.888. The van der Waals surface area contributed by atoms with E-state index in [9.17, 15) is 4.79 Å². The lowest BCUT2D eigenvalue weighted by molar-refractivity contribution is -0.118. The van der Waals surface area contributed by atoms with Gasteiger partial charge in [-0.2, -0.15) is 5.10 Å². The van der Waals surface area contributed by atoms with Crippen LogP contribution in [-0.4, -0.2) is 19.2 Å². The van der Waals surface area contributed by atoms with Crippen molar-refractivity contribution >= 4 is 12.1 Å². The number of methoxy groups -OCH3 is 1. The first kappa shape index (κ1) is 10.2. The van der Waals surface area contributed by atoms with Gasteiger partial charge in [-0.3, -0.25) is 4.79 Å². The summed E-state index contributed by atoms with van der Waals surface area (Å²) in [5, 5.41) is 3.73. The molecule has 1 aromatic rings. The molecule has 1 aromatic carbocycles. The van der Waals surface area contributed by atoms with E-state index < -0.39 is 0 Å². The van der Waals surface area contributed by atoms with Crippen LogP contribution in [0.5, 0.6) is 5.75 Å². The quantitative estimate of drug-likeness (QED) is 0.577. The van der Waals surface area contributed by atoms with Gasteiger partial charge in [0.25, 0.3) is 0 Å². The van der Waals surface area contributed by atoms with Crippen molar-refractivity contribution in [3.63, 3.8) is 0 Å². The summed E-state index contributed by atoms with van der Waals surface area (Å²) in [6.45, 7) is 1.41. The van der Waals surface area contributed by atoms with E-state index in [0.29, 0.717) is 0 Å². The zero-order valence-corrected chi connectivity index (χ0v) is 8.15. The molecule has 4 nitrogen and oxygen atoms in total. The Morgan fingerprint density at radius 3 is 2.57 bits per heavy atom. The first-order chi connectivity index (χ1) is 6.72. The van der Waals surface area contributed by atoms with Crippen LogP contribution in [0.25, 0.3) is 0 Å². The molecule has 74 valence electrons. The van der Waals surface area contributed by atoms with Crippen molar-refractivity contribution in [3.05, 3.63) is 29.8 Å². The van der Waals surface area contributed by atoms with Crippen molar-refractivity contribution in [1.29, 1.82) is 0 Å². The number of carbonyl (C=O) groups excluding carboxylic acids is 1. The van der Waals surface area contributed by atoms with Gasteiger partial charge in [-0.05, 0) is 29.8 Å². The van der Waals surface area contributed by atoms with Gasteiger partial charge in [-0.1, -0.05) is 0 Å². The van der Waals surface area contributed by atoms with Gasteiger partial charge >= 0.3 is 0 Å². The molecule has 0 radical (unpaired) electrons. The highest BCUT2D eigenvalue weighted by atomic mass is 16.5. The maximum atomic E-state index is 10.5. The lowest BCUT2D eigenvalue weighted by Gasteiger charge is -1.98. The van der Waals surface area contributed by atoms with Crippen LogP contribution in [0, 0.1) is 0 Å². The van der Waals surface area contributed by atoms with Gasteiger partial charge in [-0.25, -0.2) is 5.43 Å². The van der Waals surface area contributed by atoms with E-state index in [1.54, 1.807) is 13.3 Å². The second-order valence-corrected chi connectivity index (χ2v) is 2.70. The van der Waals surface area contributed by atoms with Crippen molar-refractivity contribution in [2.75, 3.05) is 7.11 Å². The maximum absolute atomic E-state index is 10.5. The number of carbonyl (C=O) groups is 1. The Balaban J connectivity index is 2.59. The number of hydrogen-bond acceptors (Lipinski definition) is 3. The first-order valence-corrected chi connectivity index (χ1v) is 4.16. The molecule has 1 rings (SSSR count). The molecule has 0 saturated carbocycles. The largest absolute Gasteiger partial charge is 0.497 e. The fourth-order valence-corrected chi connectivity index (χ4v) is 0.888. The van der Waals surface area contributed by atoms with Crippen LogP contribution < -0.4 is 10.2 Å². The van der Waals surface area contributed by atoms with Crippen LogP contribution >= 0.6 is 0 Å². The minimum atomic E-state index is -0.185. The normalized spacial score (nSPS) is 10.1. The van der Waals surface area contributed by atoms with E-state index >= 15 is 0 Å². The maximum Gasteiger partial charge on any atom is 0.236 e. The molecule has 0 aliphatic rings. The minimum Gasteiger partial charge on any atom is -0.497 e. The summed E-state index contributed by atoms with van der Waals surface area (Å²) in [5.74, 6) is 0.608. The van der Waals surface area contributed by atoms with Crippen LogP contribution in [0.2, 0.25) is 0 Å². The summed E-state index contributed by atoms with van der Waals surface area (Å²) in [7, 11) is 1.61. The van der Waals surface area contributed by atoms with Crippen molar-refractivity contribution in [1.82, 2.24) is 5.43 Å². The zero-order valence-electron chi connectivity index (χ0n) is 8.15. The Morgan fingerprint density at radius 1 is 1.43 bits per heavy atom. The number of ether oxygens (including phenoxy) is 1. The summed E-state index contributed by atoms with van der Waals surface area (Å²) >= 11 is 0. The molecular weight excluding hydrogens is 180 g/mol. The Labute approximate surface area is 82.6 Å². The van der Waals surface area contributed by atoms with E-state index in [1.165, 1.54) is 6.92 Å². The Bertz CT molecular complexity index is 330. The fraction of sp³-hybridized carbons (Fsp3) is 0.200. The highest BCUT2D eigenvalue weighted by Gasteiger charge is 1.90. The summed E-state index contributed by atoms with van der Waals surface area (Å²) < 4.78 is 5.00. The van der Waals surface area contributed by atoms with E-state index in [2.05, 4.69) is 10.5 Å².